The van der Waals surface area contributed by atoms with Crippen LogP contribution in [0.3, 0.4) is 0 Å². The number of anilines is 1. The van der Waals surface area contributed by atoms with Crippen LogP contribution in [0.2, 0.25) is 0 Å². The Morgan fingerprint density at radius 2 is 2.21 bits per heavy atom. The Morgan fingerprint density at radius 1 is 1.57 bits per heavy atom. The highest BCUT2D eigenvalue weighted by molar-refractivity contribution is 5.70. The Bertz CT molecular complexity index is 355. The third kappa shape index (κ3) is 2.38. The maximum Gasteiger partial charge on any atom is 0.307 e. The van der Waals surface area contributed by atoms with Crippen molar-refractivity contribution in [2.75, 3.05) is 5.73 Å². The smallest absolute Gasteiger partial charge is 0.307 e. The van der Waals surface area contributed by atoms with Gasteiger partial charge < -0.3 is 10.8 Å². The molecule has 0 atom stereocenters. The van der Waals surface area contributed by atoms with Crippen LogP contribution in [0.5, 0.6) is 0 Å². The van der Waals surface area contributed by atoms with Gasteiger partial charge in [-0.3, -0.25) is 4.79 Å². The van der Waals surface area contributed by atoms with E-state index in [2.05, 4.69) is 4.98 Å². The van der Waals surface area contributed by atoms with Gasteiger partial charge in [-0.2, -0.15) is 0 Å². The molecule has 0 aliphatic carbocycles. The summed E-state index contributed by atoms with van der Waals surface area (Å²) in [4.78, 5) is 13.7. The lowest BCUT2D eigenvalue weighted by Gasteiger charge is -2.06. The van der Waals surface area contributed by atoms with Crippen molar-refractivity contribution in [3.8, 4) is 0 Å². The summed E-state index contributed by atoms with van der Waals surface area (Å²) in [6, 6.07) is 2.54. The van der Waals surface area contributed by atoms with Crippen LogP contribution in [-0.2, 0) is 11.2 Å². The van der Waals surface area contributed by atoms with Gasteiger partial charge in [-0.05, 0) is 11.6 Å². The van der Waals surface area contributed by atoms with Crippen LogP contribution in [0.1, 0.15) is 17.7 Å². The van der Waals surface area contributed by atoms with Gasteiger partial charge in [-0.1, -0.05) is 6.07 Å². The molecule has 0 unspecified atom stereocenters. The molecule has 0 amide bonds. The zero-order valence-electron chi connectivity index (χ0n) is 7.08. The number of aliphatic carboxylic acids is 1. The molecule has 0 saturated heterocycles. The molecule has 76 valence electrons. The van der Waals surface area contributed by atoms with Gasteiger partial charge in [0, 0.05) is 0 Å². The van der Waals surface area contributed by atoms with E-state index >= 15 is 0 Å². The molecule has 14 heavy (non-hydrogen) atoms. The van der Waals surface area contributed by atoms with Gasteiger partial charge in [0.1, 0.15) is 11.5 Å². The number of hydrogen-bond donors (Lipinski definition) is 2. The molecule has 1 rings (SSSR count). The number of halogens is 2. The number of alkyl halides is 2. The molecule has 0 radical (unpaired) electrons. The van der Waals surface area contributed by atoms with Crippen molar-refractivity contribution in [3.63, 3.8) is 0 Å². The monoisotopic (exact) mass is 202 g/mol. The maximum atomic E-state index is 12.3. The van der Waals surface area contributed by atoms with E-state index < -0.39 is 24.5 Å². The topological polar surface area (TPSA) is 76.2 Å². The fourth-order valence-corrected chi connectivity index (χ4v) is 1.02. The number of rotatable bonds is 3. The zero-order valence-corrected chi connectivity index (χ0v) is 7.08. The average Bonchev–Trinajstić information content (AvgIpc) is 2.07. The SMILES string of the molecule is Nc1ccc(CC(=O)O)c(C(F)F)n1. The predicted molar refractivity (Wildman–Crippen MR) is 44.9 cm³/mol. The molecule has 3 N–H and O–H groups in total. The van der Waals surface area contributed by atoms with Crippen molar-refractivity contribution in [3.05, 3.63) is 23.4 Å². The van der Waals surface area contributed by atoms with Crippen LogP contribution >= 0.6 is 0 Å². The summed E-state index contributed by atoms with van der Waals surface area (Å²) >= 11 is 0. The number of aromatic nitrogens is 1. The largest absolute Gasteiger partial charge is 0.481 e. The molecule has 1 aromatic rings. The number of nitrogens with zero attached hydrogens (tertiary/aromatic N) is 1. The average molecular weight is 202 g/mol. The van der Waals surface area contributed by atoms with Gasteiger partial charge >= 0.3 is 5.97 Å². The molecule has 0 saturated carbocycles. The van der Waals surface area contributed by atoms with Gasteiger partial charge in [0.05, 0.1) is 6.42 Å². The Labute approximate surface area is 78.4 Å². The number of carboxylic acids is 1. The molecule has 1 heterocycles. The fraction of sp³-hybridized carbons (Fsp3) is 0.250. The van der Waals surface area contributed by atoms with Crippen LogP contribution in [0.15, 0.2) is 12.1 Å². The first-order valence-corrected chi connectivity index (χ1v) is 3.76. The van der Waals surface area contributed by atoms with E-state index in [-0.39, 0.29) is 11.4 Å². The molecule has 0 fully saturated rings. The first-order chi connectivity index (χ1) is 6.50. The molecule has 0 aliphatic heterocycles. The van der Waals surface area contributed by atoms with Gasteiger partial charge in [-0.15, -0.1) is 0 Å². The van der Waals surface area contributed by atoms with Gasteiger partial charge in [-0.25, -0.2) is 13.8 Å². The van der Waals surface area contributed by atoms with E-state index in [1.165, 1.54) is 12.1 Å². The lowest BCUT2D eigenvalue weighted by atomic mass is 10.1. The van der Waals surface area contributed by atoms with E-state index in [4.69, 9.17) is 10.8 Å². The minimum Gasteiger partial charge on any atom is -0.481 e. The molecule has 0 bridgehead atoms. The summed E-state index contributed by atoms with van der Waals surface area (Å²) in [6.45, 7) is 0. The summed E-state index contributed by atoms with van der Waals surface area (Å²) in [5.41, 5.74) is 4.63. The van der Waals surface area contributed by atoms with E-state index in [0.29, 0.717) is 0 Å². The van der Waals surface area contributed by atoms with Crippen LogP contribution in [-0.4, -0.2) is 16.1 Å². The molecule has 1 aromatic heterocycles. The first kappa shape index (κ1) is 10.4. The lowest BCUT2D eigenvalue weighted by molar-refractivity contribution is -0.136. The molecule has 0 spiro atoms. The Kier molecular flexibility index (Phi) is 2.95. The number of carboxylic acid groups (broad SMARTS) is 1. The second-order valence-corrected chi connectivity index (χ2v) is 2.65. The van der Waals surface area contributed by atoms with Crippen molar-refractivity contribution in [1.82, 2.24) is 4.98 Å². The minimum absolute atomic E-state index is 0.0123. The highest BCUT2D eigenvalue weighted by Gasteiger charge is 2.16. The minimum atomic E-state index is -2.81. The molecule has 6 heteroatoms. The molecule has 0 aliphatic rings. The molecular weight excluding hydrogens is 194 g/mol. The summed E-state index contributed by atoms with van der Waals surface area (Å²) in [5.74, 6) is -1.23. The fourth-order valence-electron chi connectivity index (χ4n) is 1.02. The Morgan fingerprint density at radius 3 is 2.71 bits per heavy atom. The van der Waals surface area contributed by atoms with E-state index in [1.807, 2.05) is 0 Å². The van der Waals surface area contributed by atoms with Crippen molar-refractivity contribution >= 4 is 11.8 Å². The van der Waals surface area contributed by atoms with Gasteiger partial charge in [0.15, 0.2) is 0 Å². The molecule has 4 nitrogen and oxygen atoms in total. The maximum absolute atomic E-state index is 12.3. The van der Waals surface area contributed by atoms with Crippen LogP contribution in [0, 0.1) is 0 Å². The molecule has 0 aromatic carbocycles. The molecular formula is C8H8F2N2O2. The third-order valence-electron chi connectivity index (χ3n) is 1.58. The second kappa shape index (κ2) is 3.99. The highest BCUT2D eigenvalue weighted by Crippen LogP contribution is 2.22. The summed E-state index contributed by atoms with van der Waals surface area (Å²) < 4.78 is 24.7. The zero-order chi connectivity index (χ0) is 10.7. The van der Waals surface area contributed by atoms with Crippen LogP contribution in [0.25, 0.3) is 0 Å². The van der Waals surface area contributed by atoms with E-state index in [0.717, 1.165) is 0 Å². The van der Waals surface area contributed by atoms with Crippen LogP contribution in [0.4, 0.5) is 14.6 Å². The lowest BCUT2D eigenvalue weighted by Crippen LogP contribution is -2.07. The summed E-state index contributed by atoms with van der Waals surface area (Å²) in [7, 11) is 0. The third-order valence-corrected chi connectivity index (χ3v) is 1.58. The number of nitrogens with two attached hydrogens (primary N) is 1. The number of nitrogen functional groups attached to an aromatic ring is 1. The van der Waals surface area contributed by atoms with Crippen LogP contribution < -0.4 is 5.73 Å². The Balaban J connectivity index is 3.08. The Hall–Kier alpha value is -1.72. The highest BCUT2D eigenvalue weighted by atomic mass is 19.3. The predicted octanol–water partition coefficient (Wildman–Crippen LogP) is 1.23. The summed E-state index contributed by atoms with van der Waals surface area (Å²) in [6.07, 6.45) is -3.29. The van der Waals surface area contributed by atoms with Crippen molar-refractivity contribution in [2.24, 2.45) is 0 Å². The number of carbonyl (C=O) groups is 1. The van der Waals surface area contributed by atoms with E-state index in [1.54, 1.807) is 0 Å². The number of hydrogen-bond acceptors (Lipinski definition) is 3. The second-order valence-electron chi connectivity index (χ2n) is 2.65. The van der Waals surface area contributed by atoms with E-state index in [9.17, 15) is 13.6 Å². The normalized spacial score (nSPS) is 10.5. The quantitative estimate of drug-likeness (QED) is 0.772. The number of pyridine rings is 1. The first-order valence-electron chi connectivity index (χ1n) is 3.76. The van der Waals surface area contributed by atoms with Gasteiger partial charge in [0.2, 0.25) is 0 Å². The summed E-state index contributed by atoms with van der Waals surface area (Å²) in [5, 5.41) is 8.44. The van der Waals surface area contributed by atoms with Crippen molar-refractivity contribution in [2.45, 2.75) is 12.8 Å². The standard InChI is InChI=1S/C8H8F2N2O2/c9-8(10)7-4(3-6(13)14)1-2-5(11)12-7/h1-2,8H,3H2,(H2,11,12)(H,13,14). The van der Waals surface area contributed by atoms with Crippen molar-refractivity contribution < 1.29 is 18.7 Å². The van der Waals surface area contributed by atoms with Crippen molar-refractivity contribution in [1.29, 1.82) is 0 Å². The van der Waals surface area contributed by atoms with Gasteiger partial charge in [0.25, 0.3) is 6.43 Å².